The molecule has 0 radical (unpaired) electrons. The molecule has 2 fully saturated rings. The van der Waals surface area contributed by atoms with Gasteiger partial charge in [-0.3, -0.25) is 9.59 Å². The molecular weight excluding hydrogens is 288 g/mol. The van der Waals surface area contributed by atoms with Crippen LogP contribution in [0.5, 0.6) is 0 Å². The van der Waals surface area contributed by atoms with E-state index in [2.05, 4.69) is 5.32 Å². The lowest BCUT2D eigenvalue weighted by molar-refractivity contribution is 0.0747. The molecule has 114 valence electrons. The molecule has 2 atom stereocenters. The highest BCUT2D eigenvalue weighted by molar-refractivity contribution is 5.97. The lowest BCUT2D eigenvalue weighted by Gasteiger charge is -2.24. The first kappa shape index (κ1) is 16.0. The monoisotopic (exact) mass is 308 g/mol. The van der Waals surface area contributed by atoms with Gasteiger partial charge in [0.2, 0.25) is 0 Å². The number of carbonyl (C=O) groups is 2. The van der Waals surface area contributed by atoms with Crippen molar-refractivity contribution in [2.24, 2.45) is 0 Å². The van der Waals surface area contributed by atoms with Gasteiger partial charge in [0.25, 0.3) is 5.91 Å². The highest BCUT2D eigenvalue weighted by atomic mass is 35.5. The second-order valence-corrected chi connectivity index (χ2v) is 5.81. The van der Waals surface area contributed by atoms with E-state index in [1.54, 1.807) is 24.3 Å². The van der Waals surface area contributed by atoms with Crippen LogP contribution in [0.25, 0.3) is 0 Å². The molecule has 0 saturated carbocycles. The standard InChI is InChI=1S/C16H20N2O2.ClH/c1-11(19)12-2-4-13(5-3-12)16(20)18-9-8-14-6-7-15(10-18)17-14;/h2-5,14-15,17H,6-10H2,1H3;1H. The molecule has 1 aromatic carbocycles. The van der Waals surface area contributed by atoms with Crippen LogP contribution in [0.4, 0.5) is 0 Å². The number of nitrogens with one attached hydrogen (secondary N) is 1. The topological polar surface area (TPSA) is 49.4 Å². The third-order valence-corrected chi connectivity index (χ3v) is 4.35. The van der Waals surface area contributed by atoms with E-state index < -0.39 is 0 Å². The first-order valence-electron chi connectivity index (χ1n) is 7.30. The predicted molar refractivity (Wildman–Crippen MR) is 84.2 cm³/mol. The van der Waals surface area contributed by atoms with Crippen LogP contribution in [-0.2, 0) is 0 Å². The molecule has 1 amide bonds. The number of carbonyl (C=O) groups excluding carboxylic acids is 2. The highest BCUT2D eigenvalue weighted by Crippen LogP contribution is 2.21. The number of likely N-dealkylation sites (tertiary alicyclic amines) is 1. The number of ketones is 1. The zero-order chi connectivity index (χ0) is 14.1. The molecule has 1 N–H and O–H groups in total. The molecule has 1 aromatic rings. The van der Waals surface area contributed by atoms with Crippen molar-refractivity contribution in [1.82, 2.24) is 10.2 Å². The van der Waals surface area contributed by atoms with Crippen LogP contribution in [0.2, 0.25) is 0 Å². The third-order valence-electron chi connectivity index (χ3n) is 4.35. The van der Waals surface area contributed by atoms with Crippen molar-refractivity contribution in [2.45, 2.75) is 38.3 Å². The van der Waals surface area contributed by atoms with E-state index in [0.29, 0.717) is 23.2 Å². The summed E-state index contributed by atoms with van der Waals surface area (Å²) in [6.07, 6.45) is 3.44. The van der Waals surface area contributed by atoms with Crippen molar-refractivity contribution < 1.29 is 9.59 Å². The number of halogens is 1. The van der Waals surface area contributed by atoms with E-state index in [1.165, 1.54) is 13.3 Å². The molecule has 4 nitrogen and oxygen atoms in total. The maximum absolute atomic E-state index is 12.5. The summed E-state index contributed by atoms with van der Waals surface area (Å²) in [6, 6.07) is 8.02. The van der Waals surface area contributed by atoms with E-state index in [1.807, 2.05) is 4.90 Å². The lowest BCUT2D eigenvalue weighted by Crippen LogP contribution is -2.39. The van der Waals surface area contributed by atoms with Crippen molar-refractivity contribution >= 4 is 24.1 Å². The fraction of sp³-hybridized carbons (Fsp3) is 0.500. The summed E-state index contributed by atoms with van der Waals surface area (Å²) < 4.78 is 0. The fourth-order valence-electron chi connectivity index (χ4n) is 3.16. The van der Waals surface area contributed by atoms with Crippen LogP contribution in [0, 0.1) is 0 Å². The van der Waals surface area contributed by atoms with Gasteiger partial charge in [0.15, 0.2) is 5.78 Å². The van der Waals surface area contributed by atoms with E-state index in [-0.39, 0.29) is 24.1 Å². The summed E-state index contributed by atoms with van der Waals surface area (Å²) in [5.41, 5.74) is 1.32. The minimum Gasteiger partial charge on any atom is -0.337 e. The SMILES string of the molecule is CC(=O)c1ccc(C(=O)N2CCC3CCC(C2)N3)cc1.Cl. The number of nitrogens with zero attached hydrogens (tertiary/aromatic N) is 1. The molecule has 0 aliphatic carbocycles. The van der Waals surface area contributed by atoms with Gasteiger partial charge in [-0.2, -0.15) is 0 Å². The zero-order valence-corrected chi connectivity index (χ0v) is 13.0. The summed E-state index contributed by atoms with van der Waals surface area (Å²) >= 11 is 0. The molecule has 21 heavy (non-hydrogen) atoms. The number of amides is 1. The Hall–Kier alpha value is -1.39. The first-order chi connectivity index (χ1) is 9.63. The van der Waals surface area contributed by atoms with Gasteiger partial charge in [-0.25, -0.2) is 0 Å². The molecule has 3 rings (SSSR count). The summed E-state index contributed by atoms with van der Waals surface area (Å²) in [4.78, 5) is 25.7. The van der Waals surface area contributed by atoms with Crippen molar-refractivity contribution in [3.8, 4) is 0 Å². The van der Waals surface area contributed by atoms with Gasteiger partial charge >= 0.3 is 0 Å². The Morgan fingerprint density at radius 1 is 1.05 bits per heavy atom. The second-order valence-electron chi connectivity index (χ2n) is 5.81. The average Bonchev–Trinajstić information content (AvgIpc) is 2.78. The van der Waals surface area contributed by atoms with E-state index in [0.717, 1.165) is 25.9 Å². The summed E-state index contributed by atoms with van der Waals surface area (Å²) in [7, 11) is 0. The number of benzene rings is 1. The normalized spacial score (nSPS) is 24.1. The Morgan fingerprint density at radius 2 is 1.67 bits per heavy atom. The molecule has 2 aliphatic rings. The van der Waals surface area contributed by atoms with Crippen molar-refractivity contribution in [1.29, 1.82) is 0 Å². The lowest BCUT2D eigenvalue weighted by atomic mass is 10.1. The number of hydrogen-bond donors (Lipinski definition) is 1. The smallest absolute Gasteiger partial charge is 0.253 e. The Bertz CT molecular complexity index is 530. The van der Waals surface area contributed by atoms with Gasteiger partial charge in [0.1, 0.15) is 0 Å². The summed E-state index contributed by atoms with van der Waals surface area (Å²) in [6.45, 7) is 3.15. The molecule has 0 aromatic heterocycles. The summed E-state index contributed by atoms with van der Waals surface area (Å²) in [5.74, 6) is 0.106. The number of fused-ring (bicyclic) bond motifs is 2. The quantitative estimate of drug-likeness (QED) is 0.853. The maximum Gasteiger partial charge on any atom is 0.253 e. The minimum atomic E-state index is 0. The number of Topliss-reactive ketones (excluding diaryl/α,β-unsaturated/α-hetero) is 1. The average molecular weight is 309 g/mol. The first-order valence-corrected chi connectivity index (χ1v) is 7.30. The van der Waals surface area contributed by atoms with Crippen LogP contribution in [0.3, 0.4) is 0 Å². The summed E-state index contributed by atoms with van der Waals surface area (Å²) in [5, 5.41) is 3.57. The van der Waals surface area contributed by atoms with Crippen molar-refractivity contribution in [3.05, 3.63) is 35.4 Å². The van der Waals surface area contributed by atoms with Crippen molar-refractivity contribution in [2.75, 3.05) is 13.1 Å². The van der Waals surface area contributed by atoms with Crippen LogP contribution in [-0.4, -0.2) is 41.8 Å². The molecular formula is C16H21ClN2O2. The molecule has 2 bridgehead atoms. The second kappa shape index (κ2) is 6.58. The van der Waals surface area contributed by atoms with Gasteiger partial charge in [0.05, 0.1) is 0 Å². The zero-order valence-electron chi connectivity index (χ0n) is 12.2. The number of hydrogen-bond acceptors (Lipinski definition) is 3. The van der Waals surface area contributed by atoms with Gasteiger partial charge in [-0.1, -0.05) is 12.1 Å². The van der Waals surface area contributed by atoms with Crippen LogP contribution in [0.15, 0.2) is 24.3 Å². The van der Waals surface area contributed by atoms with E-state index in [4.69, 9.17) is 0 Å². The fourth-order valence-corrected chi connectivity index (χ4v) is 3.16. The van der Waals surface area contributed by atoms with Gasteiger partial charge in [0, 0.05) is 36.3 Å². The van der Waals surface area contributed by atoms with Gasteiger partial charge < -0.3 is 10.2 Å². The minimum absolute atomic E-state index is 0. The Morgan fingerprint density at radius 3 is 2.33 bits per heavy atom. The van der Waals surface area contributed by atoms with Crippen LogP contribution < -0.4 is 5.32 Å². The van der Waals surface area contributed by atoms with Gasteiger partial charge in [-0.05, 0) is 38.3 Å². The van der Waals surface area contributed by atoms with Crippen molar-refractivity contribution in [3.63, 3.8) is 0 Å². The largest absolute Gasteiger partial charge is 0.337 e. The highest BCUT2D eigenvalue weighted by Gasteiger charge is 2.31. The van der Waals surface area contributed by atoms with Gasteiger partial charge in [-0.15, -0.1) is 12.4 Å². The molecule has 0 spiro atoms. The number of rotatable bonds is 2. The third kappa shape index (κ3) is 3.44. The maximum atomic E-state index is 12.5. The van der Waals surface area contributed by atoms with Crippen LogP contribution in [0.1, 0.15) is 46.9 Å². The Labute approximate surface area is 131 Å². The van der Waals surface area contributed by atoms with E-state index in [9.17, 15) is 9.59 Å². The molecule has 2 unspecified atom stereocenters. The predicted octanol–water partition coefficient (Wildman–Crippen LogP) is 2.28. The molecule has 2 heterocycles. The molecule has 2 aliphatic heterocycles. The Kier molecular flexibility index (Phi) is 5.01. The molecule has 2 saturated heterocycles. The molecule has 5 heteroatoms. The van der Waals surface area contributed by atoms with Crippen LogP contribution >= 0.6 is 12.4 Å². The van der Waals surface area contributed by atoms with E-state index >= 15 is 0 Å². The Balaban J connectivity index is 0.00000161.